The maximum absolute atomic E-state index is 12.1. The number of amides is 1. The predicted octanol–water partition coefficient (Wildman–Crippen LogP) is 1.21. The summed E-state index contributed by atoms with van der Waals surface area (Å²) < 4.78 is 28.4. The minimum absolute atomic E-state index is 0.157. The molecule has 0 bridgehead atoms. The number of ether oxygens (including phenoxy) is 1. The van der Waals surface area contributed by atoms with E-state index in [1.54, 1.807) is 14.0 Å². The normalized spacial score (nSPS) is 11.2. The van der Waals surface area contributed by atoms with Crippen molar-refractivity contribution in [1.82, 2.24) is 4.90 Å². The maximum Gasteiger partial charge on any atom is 0.253 e. The highest BCUT2D eigenvalue weighted by atomic mass is 32.2. The van der Waals surface area contributed by atoms with Gasteiger partial charge in [0.1, 0.15) is 10.6 Å². The third-order valence-corrected chi connectivity index (χ3v) is 3.63. The number of nitrogens with zero attached hydrogens (tertiary/aromatic N) is 1. The Bertz CT molecular complexity index is 584. The fraction of sp³-hybridized carbons (Fsp3) is 0.462. The van der Waals surface area contributed by atoms with E-state index in [1.807, 2.05) is 6.92 Å². The van der Waals surface area contributed by atoms with Crippen molar-refractivity contribution in [1.29, 1.82) is 0 Å². The number of rotatable bonds is 6. The molecule has 0 atom stereocenters. The molecular weight excluding hydrogens is 280 g/mol. The van der Waals surface area contributed by atoms with E-state index in [0.717, 1.165) is 6.42 Å². The van der Waals surface area contributed by atoms with Crippen LogP contribution in [0, 0.1) is 0 Å². The first-order valence-corrected chi connectivity index (χ1v) is 7.91. The van der Waals surface area contributed by atoms with Crippen LogP contribution in [0.2, 0.25) is 0 Å². The second-order valence-electron chi connectivity index (χ2n) is 4.37. The molecule has 1 amide bonds. The topological polar surface area (TPSA) is 89.7 Å². The van der Waals surface area contributed by atoms with Crippen LogP contribution in [0.5, 0.6) is 5.75 Å². The summed E-state index contributed by atoms with van der Waals surface area (Å²) in [5, 5.41) is 5.16. The molecule has 1 rings (SSSR count). The van der Waals surface area contributed by atoms with E-state index in [9.17, 15) is 13.2 Å². The zero-order valence-electron chi connectivity index (χ0n) is 11.9. The quantitative estimate of drug-likeness (QED) is 0.855. The lowest BCUT2D eigenvalue weighted by Gasteiger charge is -2.17. The van der Waals surface area contributed by atoms with E-state index < -0.39 is 10.0 Å². The van der Waals surface area contributed by atoms with Crippen molar-refractivity contribution in [3.63, 3.8) is 0 Å². The lowest BCUT2D eigenvalue weighted by Crippen LogP contribution is -2.27. The van der Waals surface area contributed by atoms with Crippen molar-refractivity contribution in [2.45, 2.75) is 25.2 Å². The van der Waals surface area contributed by atoms with Crippen molar-refractivity contribution in [2.24, 2.45) is 5.14 Å². The second-order valence-corrected chi connectivity index (χ2v) is 5.90. The highest BCUT2D eigenvalue weighted by Gasteiger charge is 2.19. The highest BCUT2D eigenvalue weighted by Crippen LogP contribution is 2.24. The van der Waals surface area contributed by atoms with Gasteiger partial charge in [0.2, 0.25) is 10.0 Å². The maximum atomic E-state index is 12.1. The minimum atomic E-state index is -3.95. The average Bonchev–Trinajstić information content (AvgIpc) is 2.37. The molecule has 1 aromatic rings. The van der Waals surface area contributed by atoms with E-state index >= 15 is 0 Å². The molecule has 0 aliphatic rings. The van der Waals surface area contributed by atoms with Crippen molar-refractivity contribution in [3.05, 3.63) is 23.8 Å². The summed E-state index contributed by atoms with van der Waals surface area (Å²) in [5.41, 5.74) is 0.272. The third kappa shape index (κ3) is 3.94. The fourth-order valence-corrected chi connectivity index (χ4v) is 2.49. The molecule has 0 saturated heterocycles. The molecular formula is C13H20N2O4S. The molecule has 0 aromatic heterocycles. The van der Waals surface area contributed by atoms with Gasteiger partial charge in [0.15, 0.2) is 0 Å². The standard InChI is InChI=1S/C13H20N2O4S/c1-4-8-15(3)13(16)10-6-7-11(19-5-2)12(9-10)20(14,17)18/h6-7,9H,4-5,8H2,1-3H3,(H2,14,17,18). The van der Waals surface area contributed by atoms with Crippen molar-refractivity contribution >= 4 is 15.9 Å². The van der Waals surface area contributed by atoms with Crippen molar-refractivity contribution in [2.75, 3.05) is 20.2 Å². The van der Waals surface area contributed by atoms with Crippen LogP contribution >= 0.6 is 0 Å². The molecule has 0 aliphatic heterocycles. The molecule has 0 saturated carbocycles. The Morgan fingerprint density at radius 1 is 1.35 bits per heavy atom. The van der Waals surface area contributed by atoms with Crippen LogP contribution in [-0.2, 0) is 10.0 Å². The Morgan fingerprint density at radius 2 is 2.00 bits per heavy atom. The van der Waals surface area contributed by atoms with Crippen LogP contribution in [0.3, 0.4) is 0 Å². The summed E-state index contributed by atoms with van der Waals surface area (Å²) in [6.45, 7) is 4.60. The molecule has 0 radical (unpaired) electrons. The van der Waals surface area contributed by atoms with Crippen molar-refractivity contribution < 1.29 is 17.9 Å². The lowest BCUT2D eigenvalue weighted by atomic mass is 10.2. The number of carbonyl (C=O) groups excluding carboxylic acids is 1. The van der Waals surface area contributed by atoms with Crippen LogP contribution in [0.15, 0.2) is 23.1 Å². The molecule has 0 fully saturated rings. The van der Waals surface area contributed by atoms with Gasteiger partial charge < -0.3 is 9.64 Å². The fourth-order valence-electron chi connectivity index (χ4n) is 1.80. The van der Waals surface area contributed by atoms with Crippen LogP contribution in [0.25, 0.3) is 0 Å². The lowest BCUT2D eigenvalue weighted by molar-refractivity contribution is 0.0795. The van der Waals surface area contributed by atoms with E-state index in [2.05, 4.69) is 0 Å². The molecule has 1 aromatic carbocycles. The van der Waals surface area contributed by atoms with Gasteiger partial charge in [-0.15, -0.1) is 0 Å². The Kier molecular flexibility index (Phi) is 5.52. The van der Waals surface area contributed by atoms with Gasteiger partial charge in [-0.05, 0) is 31.5 Å². The summed E-state index contributed by atoms with van der Waals surface area (Å²) in [6.07, 6.45) is 0.821. The minimum Gasteiger partial charge on any atom is -0.492 e. The number of hydrogen-bond donors (Lipinski definition) is 1. The van der Waals surface area contributed by atoms with Gasteiger partial charge in [0, 0.05) is 19.2 Å². The van der Waals surface area contributed by atoms with E-state index in [0.29, 0.717) is 13.2 Å². The van der Waals surface area contributed by atoms with Gasteiger partial charge in [-0.3, -0.25) is 4.79 Å². The largest absolute Gasteiger partial charge is 0.492 e. The van der Waals surface area contributed by atoms with Crippen LogP contribution < -0.4 is 9.88 Å². The van der Waals surface area contributed by atoms with Gasteiger partial charge in [-0.25, -0.2) is 13.6 Å². The van der Waals surface area contributed by atoms with Crippen LogP contribution in [-0.4, -0.2) is 39.4 Å². The number of primary sulfonamides is 1. The number of sulfonamides is 1. The van der Waals surface area contributed by atoms with E-state index in [1.165, 1.54) is 23.1 Å². The average molecular weight is 300 g/mol. The van der Waals surface area contributed by atoms with Crippen molar-refractivity contribution in [3.8, 4) is 5.75 Å². The summed E-state index contributed by atoms with van der Waals surface area (Å²) >= 11 is 0. The Labute approximate surface area is 119 Å². The first-order chi connectivity index (χ1) is 9.31. The second kappa shape index (κ2) is 6.71. The molecule has 0 spiro atoms. The first-order valence-electron chi connectivity index (χ1n) is 6.36. The summed E-state index contributed by atoms with van der Waals surface area (Å²) in [4.78, 5) is 13.5. The van der Waals surface area contributed by atoms with Gasteiger partial charge in [-0.2, -0.15) is 0 Å². The number of benzene rings is 1. The molecule has 0 unspecified atom stereocenters. The molecule has 6 nitrogen and oxygen atoms in total. The molecule has 20 heavy (non-hydrogen) atoms. The Balaban J connectivity index is 3.23. The number of carbonyl (C=O) groups is 1. The summed E-state index contributed by atoms with van der Waals surface area (Å²) in [5.74, 6) is -0.0931. The SMILES string of the molecule is CCCN(C)C(=O)c1ccc(OCC)c(S(N)(=O)=O)c1. The van der Waals surface area contributed by atoms with Gasteiger partial charge in [0.05, 0.1) is 6.61 Å². The van der Waals surface area contributed by atoms with Gasteiger partial charge in [-0.1, -0.05) is 6.92 Å². The Morgan fingerprint density at radius 3 is 2.50 bits per heavy atom. The molecule has 0 aliphatic carbocycles. The number of hydrogen-bond acceptors (Lipinski definition) is 4. The highest BCUT2D eigenvalue weighted by molar-refractivity contribution is 7.89. The summed E-state index contributed by atoms with van der Waals surface area (Å²) in [7, 11) is -2.28. The zero-order valence-corrected chi connectivity index (χ0v) is 12.7. The molecule has 2 N–H and O–H groups in total. The zero-order chi connectivity index (χ0) is 15.3. The van der Waals surface area contributed by atoms with E-state index in [4.69, 9.17) is 9.88 Å². The molecule has 112 valence electrons. The predicted molar refractivity (Wildman–Crippen MR) is 76.2 cm³/mol. The smallest absolute Gasteiger partial charge is 0.253 e. The first kappa shape index (κ1) is 16.5. The van der Waals surface area contributed by atoms with Crippen LogP contribution in [0.1, 0.15) is 30.6 Å². The van der Waals surface area contributed by atoms with Crippen LogP contribution in [0.4, 0.5) is 0 Å². The molecule has 7 heteroatoms. The summed E-state index contributed by atoms with van der Waals surface area (Å²) in [6, 6.07) is 4.25. The third-order valence-electron chi connectivity index (χ3n) is 2.70. The monoisotopic (exact) mass is 300 g/mol. The Hall–Kier alpha value is -1.60. The number of nitrogens with two attached hydrogens (primary N) is 1. The molecule has 0 heterocycles. The van der Waals surface area contributed by atoms with Gasteiger partial charge >= 0.3 is 0 Å². The van der Waals surface area contributed by atoms with Gasteiger partial charge in [0.25, 0.3) is 5.91 Å². The van der Waals surface area contributed by atoms with E-state index in [-0.39, 0.29) is 22.1 Å².